The molecule has 2 aromatic rings. The van der Waals surface area contributed by atoms with Crippen LogP contribution in [0.1, 0.15) is 55.9 Å². The number of nitrogens with zero attached hydrogens (tertiary/aromatic N) is 1. The Morgan fingerprint density at radius 1 is 1.10 bits per heavy atom. The number of pyridine rings is 1. The minimum Gasteiger partial charge on any atom is -0.388 e. The molecule has 1 unspecified atom stereocenters. The molecule has 0 aliphatic heterocycles. The third-order valence-corrected chi connectivity index (χ3v) is 4.54. The summed E-state index contributed by atoms with van der Waals surface area (Å²) >= 11 is 0. The van der Waals surface area contributed by atoms with Crippen molar-refractivity contribution < 1.29 is 5.11 Å². The van der Waals surface area contributed by atoms with Crippen molar-refractivity contribution in [2.75, 3.05) is 0 Å². The topological polar surface area (TPSA) is 33.1 Å². The smallest absolute Gasteiger partial charge is 0.0825 e. The van der Waals surface area contributed by atoms with Gasteiger partial charge in [0.15, 0.2) is 0 Å². The van der Waals surface area contributed by atoms with Gasteiger partial charge in [0.2, 0.25) is 0 Å². The lowest BCUT2D eigenvalue weighted by atomic mass is 9.88. The second-order valence-electron chi connectivity index (χ2n) is 6.07. The van der Waals surface area contributed by atoms with Crippen LogP contribution in [0.2, 0.25) is 0 Å². The van der Waals surface area contributed by atoms with Crippen LogP contribution in [-0.2, 0) is 0 Å². The Kier molecular flexibility index (Phi) is 4.02. The number of aliphatic hydroxyl groups is 1. The zero-order valence-corrected chi connectivity index (χ0v) is 12.2. The molecule has 1 aromatic carbocycles. The fourth-order valence-corrected chi connectivity index (χ4v) is 3.47. The van der Waals surface area contributed by atoms with Crippen LogP contribution >= 0.6 is 0 Å². The van der Waals surface area contributed by atoms with Crippen molar-refractivity contribution in [2.45, 2.75) is 51.6 Å². The van der Waals surface area contributed by atoms with E-state index in [1.165, 1.54) is 25.7 Å². The molecule has 2 heteroatoms. The predicted octanol–water partition coefficient (Wildman–Crippen LogP) is 4.55. The van der Waals surface area contributed by atoms with E-state index in [9.17, 15) is 5.11 Å². The Morgan fingerprint density at radius 3 is 2.55 bits per heavy atom. The highest BCUT2D eigenvalue weighted by atomic mass is 16.3. The highest BCUT2D eigenvalue weighted by Crippen LogP contribution is 2.36. The van der Waals surface area contributed by atoms with Crippen molar-refractivity contribution in [2.24, 2.45) is 5.92 Å². The molecule has 0 saturated heterocycles. The molecule has 1 fully saturated rings. The Hall–Kier alpha value is -1.41. The van der Waals surface area contributed by atoms with E-state index in [0.717, 1.165) is 35.0 Å². The normalized spacial score (nSPS) is 18.9. The fraction of sp³-hybridized carbons (Fsp3) is 0.500. The number of aliphatic hydroxyl groups excluding tert-OH is 1. The Bertz CT molecular complexity index is 585. The summed E-state index contributed by atoms with van der Waals surface area (Å²) in [5.41, 5.74) is 3.06. The van der Waals surface area contributed by atoms with Crippen LogP contribution in [0.25, 0.3) is 10.9 Å². The fourth-order valence-electron chi connectivity index (χ4n) is 3.47. The van der Waals surface area contributed by atoms with Gasteiger partial charge in [-0.25, -0.2) is 0 Å². The molecule has 0 radical (unpaired) electrons. The second kappa shape index (κ2) is 5.92. The average molecular weight is 269 g/mol. The molecule has 3 rings (SSSR count). The third kappa shape index (κ3) is 2.71. The van der Waals surface area contributed by atoms with Gasteiger partial charge in [-0.2, -0.15) is 0 Å². The van der Waals surface area contributed by atoms with Crippen molar-refractivity contribution >= 4 is 10.9 Å². The molecular weight excluding hydrogens is 246 g/mol. The van der Waals surface area contributed by atoms with Gasteiger partial charge in [0.1, 0.15) is 0 Å². The maximum Gasteiger partial charge on any atom is 0.0825 e. The zero-order valence-electron chi connectivity index (χ0n) is 12.2. The molecule has 1 N–H and O–H groups in total. The molecular formula is C18H23NO. The molecule has 1 aromatic heterocycles. The van der Waals surface area contributed by atoms with E-state index in [1.807, 2.05) is 25.1 Å². The first-order chi connectivity index (χ1) is 9.75. The van der Waals surface area contributed by atoms with E-state index in [1.54, 1.807) is 0 Å². The average Bonchev–Trinajstić information content (AvgIpc) is 2.74. The third-order valence-electron chi connectivity index (χ3n) is 4.54. The molecule has 1 saturated carbocycles. The van der Waals surface area contributed by atoms with Gasteiger partial charge in [0.05, 0.1) is 11.6 Å². The van der Waals surface area contributed by atoms with E-state index in [-0.39, 0.29) is 6.10 Å². The number of aryl methyl sites for hydroxylation is 1. The number of benzene rings is 1. The molecule has 0 spiro atoms. The van der Waals surface area contributed by atoms with Crippen LogP contribution in [0.4, 0.5) is 0 Å². The standard InChI is InChI=1S/C18H23NO/c1-13-12-16(15-10-6-7-11-17(15)19-13)18(20)14-8-4-2-3-5-9-14/h6-7,10-12,14,18,20H,2-5,8-9H2,1H3. The monoisotopic (exact) mass is 269 g/mol. The van der Waals surface area contributed by atoms with Gasteiger partial charge in [-0.15, -0.1) is 0 Å². The Labute approximate surface area is 120 Å². The van der Waals surface area contributed by atoms with Crippen molar-refractivity contribution in [1.82, 2.24) is 4.98 Å². The number of hydrogen-bond acceptors (Lipinski definition) is 2. The summed E-state index contributed by atoms with van der Waals surface area (Å²) < 4.78 is 0. The zero-order chi connectivity index (χ0) is 13.9. The summed E-state index contributed by atoms with van der Waals surface area (Å²) in [6, 6.07) is 10.2. The van der Waals surface area contributed by atoms with Gasteiger partial charge in [0.25, 0.3) is 0 Å². The molecule has 1 atom stereocenters. The minimum absolute atomic E-state index is 0.348. The van der Waals surface area contributed by atoms with Gasteiger partial charge in [-0.3, -0.25) is 4.98 Å². The highest BCUT2D eigenvalue weighted by molar-refractivity contribution is 5.82. The number of aromatic nitrogens is 1. The molecule has 2 nitrogen and oxygen atoms in total. The van der Waals surface area contributed by atoms with Crippen LogP contribution in [0.5, 0.6) is 0 Å². The number of fused-ring (bicyclic) bond motifs is 1. The lowest BCUT2D eigenvalue weighted by molar-refractivity contribution is 0.100. The molecule has 106 valence electrons. The highest BCUT2D eigenvalue weighted by Gasteiger charge is 2.24. The van der Waals surface area contributed by atoms with E-state index in [0.29, 0.717) is 5.92 Å². The maximum atomic E-state index is 10.9. The summed E-state index contributed by atoms with van der Waals surface area (Å²) in [4.78, 5) is 4.57. The first-order valence-corrected chi connectivity index (χ1v) is 7.80. The molecule has 1 aliphatic rings. The Morgan fingerprint density at radius 2 is 1.80 bits per heavy atom. The van der Waals surface area contributed by atoms with Crippen molar-refractivity contribution in [3.8, 4) is 0 Å². The maximum absolute atomic E-state index is 10.9. The quantitative estimate of drug-likeness (QED) is 0.811. The summed E-state index contributed by atoms with van der Waals surface area (Å²) in [6.45, 7) is 2.01. The minimum atomic E-state index is -0.348. The van der Waals surface area contributed by atoms with Gasteiger partial charge in [-0.1, -0.05) is 43.9 Å². The van der Waals surface area contributed by atoms with Gasteiger partial charge in [-0.05, 0) is 43.4 Å². The summed E-state index contributed by atoms with van der Waals surface area (Å²) in [5, 5.41) is 12.0. The SMILES string of the molecule is Cc1cc(C(O)C2CCCCCC2)c2ccccc2n1. The first kappa shape index (κ1) is 13.6. The first-order valence-electron chi connectivity index (χ1n) is 7.80. The van der Waals surface area contributed by atoms with Crippen LogP contribution in [-0.4, -0.2) is 10.1 Å². The molecule has 1 heterocycles. The lowest BCUT2D eigenvalue weighted by Crippen LogP contribution is -2.13. The van der Waals surface area contributed by atoms with Crippen LogP contribution in [0, 0.1) is 12.8 Å². The second-order valence-corrected chi connectivity index (χ2v) is 6.07. The van der Waals surface area contributed by atoms with Gasteiger partial charge in [0, 0.05) is 11.1 Å². The van der Waals surface area contributed by atoms with Crippen LogP contribution in [0.3, 0.4) is 0 Å². The summed E-state index contributed by atoms with van der Waals surface area (Å²) in [5.74, 6) is 0.405. The van der Waals surface area contributed by atoms with E-state index in [4.69, 9.17) is 0 Å². The predicted molar refractivity (Wildman–Crippen MR) is 82.6 cm³/mol. The summed E-state index contributed by atoms with van der Waals surface area (Å²) in [6.07, 6.45) is 7.10. The van der Waals surface area contributed by atoms with E-state index >= 15 is 0 Å². The molecule has 0 bridgehead atoms. The van der Waals surface area contributed by atoms with Crippen molar-refractivity contribution in [1.29, 1.82) is 0 Å². The molecule has 20 heavy (non-hydrogen) atoms. The van der Waals surface area contributed by atoms with Gasteiger partial charge >= 0.3 is 0 Å². The van der Waals surface area contributed by atoms with Crippen molar-refractivity contribution in [3.05, 3.63) is 41.6 Å². The molecule has 0 amide bonds. The van der Waals surface area contributed by atoms with E-state index in [2.05, 4.69) is 17.1 Å². The summed E-state index contributed by atoms with van der Waals surface area (Å²) in [7, 11) is 0. The lowest BCUT2D eigenvalue weighted by Gasteiger charge is -2.23. The van der Waals surface area contributed by atoms with E-state index < -0.39 is 0 Å². The van der Waals surface area contributed by atoms with Crippen molar-refractivity contribution in [3.63, 3.8) is 0 Å². The van der Waals surface area contributed by atoms with Gasteiger partial charge < -0.3 is 5.11 Å². The molecule has 1 aliphatic carbocycles. The number of hydrogen-bond donors (Lipinski definition) is 1. The Balaban J connectivity index is 1.99. The van der Waals surface area contributed by atoms with Crippen LogP contribution in [0.15, 0.2) is 30.3 Å². The van der Waals surface area contributed by atoms with Crippen LogP contribution < -0.4 is 0 Å². The number of rotatable bonds is 2. The largest absolute Gasteiger partial charge is 0.388 e. The number of para-hydroxylation sites is 1.